The number of hydrogen-bond acceptors (Lipinski definition) is 3. The zero-order chi connectivity index (χ0) is 14.4. The van der Waals surface area contributed by atoms with E-state index >= 15 is 0 Å². The summed E-state index contributed by atoms with van der Waals surface area (Å²) in [6, 6.07) is 6.80. The van der Waals surface area contributed by atoms with Gasteiger partial charge in [-0.05, 0) is 38.5 Å². The monoisotopic (exact) mass is 265 g/mol. The van der Waals surface area contributed by atoms with E-state index in [1.54, 1.807) is 31.2 Å². The van der Waals surface area contributed by atoms with Gasteiger partial charge in [-0.15, -0.1) is 0 Å². The average Bonchev–Trinajstić information content (AvgIpc) is 2.27. The zero-order valence-electron chi connectivity index (χ0n) is 11.3. The van der Waals surface area contributed by atoms with Crippen LogP contribution in [0.1, 0.15) is 26.3 Å². The Morgan fingerprint density at radius 1 is 1.32 bits per heavy atom. The minimum absolute atomic E-state index is 0.0527. The molecule has 0 aliphatic carbocycles. The van der Waals surface area contributed by atoms with Crippen molar-refractivity contribution in [2.45, 2.75) is 39.3 Å². The Kier molecular flexibility index (Phi) is 5.36. The number of amides is 1. The molecular formula is C14H19NO4. The highest BCUT2D eigenvalue weighted by atomic mass is 16.5. The van der Waals surface area contributed by atoms with Gasteiger partial charge in [0.1, 0.15) is 5.75 Å². The molecular weight excluding hydrogens is 246 g/mol. The molecule has 0 aliphatic rings. The van der Waals surface area contributed by atoms with Crippen LogP contribution in [0.4, 0.5) is 0 Å². The molecule has 0 heterocycles. The lowest BCUT2D eigenvalue weighted by Crippen LogP contribution is -2.40. The summed E-state index contributed by atoms with van der Waals surface area (Å²) < 4.78 is 5.49. The van der Waals surface area contributed by atoms with E-state index in [-0.39, 0.29) is 18.4 Å². The van der Waals surface area contributed by atoms with Crippen LogP contribution in [-0.2, 0) is 16.0 Å². The number of ether oxygens (including phenoxy) is 1. The molecule has 5 nitrogen and oxygen atoms in total. The first-order valence-corrected chi connectivity index (χ1v) is 6.16. The van der Waals surface area contributed by atoms with E-state index in [2.05, 4.69) is 5.32 Å². The number of carboxylic acids is 1. The van der Waals surface area contributed by atoms with E-state index in [4.69, 9.17) is 9.84 Å². The number of carbonyl (C=O) groups is 2. The zero-order valence-corrected chi connectivity index (χ0v) is 11.3. The van der Waals surface area contributed by atoms with Crippen molar-refractivity contribution in [1.29, 1.82) is 0 Å². The highest BCUT2D eigenvalue weighted by molar-refractivity contribution is 5.80. The molecule has 1 rings (SSSR count). The van der Waals surface area contributed by atoms with Crippen LogP contribution < -0.4 is 10.1 Å². The highest BCUT2D eigenvalue weighted by Crippen LogP contribution is 2.15. The van der Waals surface area contributed by atoms with Crippen LogP contribution in [0.25, 0.3) is 0 Å². The molecule has 2 N–H and O–H groups in total. The summed E-state index contributed by atoms with van der Waals surface area (Å²) in [6.07, 6.45) is -0.688. The lowest BCUT2D eigenvalue weighted by Gasteiger charge is -2.16. The predicted molar refractivity (Wildman–Crippen MR) is 71.2 cm³/mol. The van der Waals surface area contributed by atoms with E-state index < -0.39 is 12.1 Å². The summed E-state index contributed by atoms with van der Waals surface area (Å²) in [5, 5.41) is 11.5. The maximum absolute atomic E-state index is 11.7. The van der Waals surface area contributed by atoms with E-state index in [0.717, 1.165) is 0 Å². The Bertz CT molecular complexity index is 457. The van der Waals surface area contributed by atoms with E-state index in [1.165, 1.54) is 0 Å². The molecule has 1 aromatic rings. The van der Waals surface area contributed by atoms with Gasteiger partial charge in [-0.25, -0.2) is 0 Å². The lowest BCUT2D eigenvalue weighted by molar-refractivity contribution is -0.136. The summed E-state index contributed by atoms with van der Waals surface area (Å²) >= 11 is 0. The van der Waals surface area contributed by atoms with Crippen molar-refractivity contribution in [3.8, 4) is 5.75 Å². The van der Waals surface area contributed by atoms with Crippen molar-refractivity contribution in [2.75, 3.05) is 0 Å². The van der Waals surface area contributed by atoms with Crippen molar-refractivity contribution in [1.82, 2.24) is 5.32 Å². The fourth-order valence-corrected chi connectivity index (χ4v) is 1.56. The molecule has 1 aromatic carbocycles. The molecule has 1 unspecified atom stereocenters. The number of aliphatic carboxylic acids is 1. The summed E-state index contributed by atoms with van der Waals surface area (Å²) in [5.74, 6) is -0.605. The summed E-state index contributed by atoms with van der Waals surface area (Å²) in [5.41, 5.74) is 0.640. The van der Waals surface area contributed by atoms with Gasteiger partial charge in [0, 0.05) is 6.04 Å². The highest BCUT2D eigenvalue weighted by Gasteiger charge is 2.15. The second-order valence-corrected chi connectivity index (χ2v) is 4.64. The largest absolute Gasteiger partial charge is 0.481 e. The molecule has 5 heteroatoms. The van der Waals surface area contributed by atoms with Gasteiger partial charge in [-0.1, -0.05) is 12.1 Å². The number of rotatable bonds is 6. The third-order valence-corrected chi connectivity index (χ3v) is 2.37. The Morgan fingerprint density at radius 3 is 2.58 bits per heavy atom. The summed E-state index contributed by atoms with van der Waals surface area (Å²) in [6.45, 7) is 5.40. The smallest absolute Gasteiger partial charge is 0.307 e. The fraction of sp³-hybridized carbons (Fsp3) is 0.429. The molecule has 0 saturated heterocycles. The van der Waals surface area contributed by atoms with Crippen LogP contribution in [0.15, 0.2) is 24.3 Å². The second kappa shape index (κ2) is 6.78. The number of hydrogen-bond donors (Lipinski definition) is 2. The summed E-state index contributed by atoms with van der Waals surface area (Å²) in [7, 11) is 0. The van der Waals surface area contributed by atoms with Gasteiger partial charge in [0.2, 0.25) is 0 Å². The van der Waals surface area contributed by atoms with E-state index in [9.17, 15) is 9.59 Å². The van der Waals surface area contributed by atoms with Crippen LogP contribution in [-0.4, -0.2) is 29.1 Å². The van der Waals surface area contributed by atoms with Crippen LogP contribution in [0.3, 0.4) is 0 Å². The molecule has 19 heavy (non-hydrogen) atoms. The van der Waals surface area contributed by atoms with E-state index in [1.807, 2.05) is 13.8 Å². The van der Waals surface area contributed by atoms with Crippen molar-refractivity contribution in [2.24, 2.45) is 0 Å². The van der Waals surface area contributed by atoms with Crippen LogP contribution in [0, 0.1) is 0 Å². The first-order valence-electron chi connectivity index (χ1n) is 6.16. The molecule has 0 radical (unpaired) electrons. The standard InChI is InChI=1S/C14H19NO4/c1-9(2)15-14(18)10(3)19-12-6-4-5-11(7-12)8-13(16)17/h4-7,9-10H,8H2,1-3H3,(H,15,18)(H,16,17). The first kappa shape index (κ1) is 15.0. The number of carbonyl (C=O) groups excluding carboxylic acids is 1. The van der Waals surface area contributed by atoms with E-state index in [0.29, 0.717) is 11.3 Å². The quantitative estimate of drug-likeness (QED) is 0.819. The van der Waals surface area contributed by atoms with Gasteiger partial charge in [0.15, 0.2) is 6.10 Å². The van der Waals surface area contributed by atoms with Crippen molar-refractivity contribution in [3.05, 3.63) is 29.8 Å². The van der Waals surface area contributed by atoms with Gasteiger partial charge < -0.3 is 15.2 Å². The number of carboxylic acid groups (broad SMARTS) is 1. The lowest BCUT2D eigenvalue weighted by atomic mass is 10.1. The number of nitrogens with one attached hydrogen (secondary N) is 1. The molecule has 1 amide bonds. The molecule has 0 saturated carbocycles. The molecule has 0 aromatic heterocycles. The fourth-order valence-electron chi connectivity index (χ4n) is 1.56. The maximum Gasteiger partial charge on any atom is 0.307 e. The second-order valence-electron chi connectivity index (χ2n) is 4.64. The molecule has 0 spiro atoms. The summed E-state index contributed by atoms with van der Waals surface area (Å²) in [4.78, 5) is 22.3. The molecule has 1 atom stereocenters. The topological polar surface area (TPSA) is 75.6 Å². The van der Waals surface area contributed by atoms with Crippen LogP contribution >= 0.6 is 0 Å². The third kappa shape index (κ3) is 5.42. The Labute approximate surface area is 112 Å². The Balaban J connectivity index is 2.66. The van der Waals surface area contributed by atoms with Crippen LogP contribution in [0.2, 0.25) is 0 Å². The molecule has 0 fully saturated rings. The number of benzene rings is 1. The van der Waals surface area contributed by atoms with Gasteiger partial charge >= 0.3 is 5.97 Å². The van der Waals surface area contributed by atoms with Gasteiger partial charge in [0.05, 0.1) is 6.42 Å². The Hall–Kier alpha value is -2.04. The molecule has 104 valence electrons. The normalized spacial score (nSPS) is 12.0. The minimum atomic E-state index is -0.900. The minimum Gasteiger partial charge on any atom is -0.481 e. The van der Waals surface area contributed by atoms with Gasteiger partial charge in [-0.3, -0.25) is 9.59 Å². The van der Waals surface area contributed by atoms with Crippen LogP contribution in [0.5, 0.6) is 5.75 Å². The first-order chi connectivity index (χ1) is 8.88. The maximum atomic E-state index is 11.7. The van der Waals surface area contributed by atoms with Gasteiger partial charge in [0.25, 0.3) is 5.91 Å². The average molecular weight is 265 g/mol. The Morgan fingerprint density at radius 2 is 2.00 bits per heavy atom. The van der Waals surface area contributed by atoms with Gasteiger partial charge in [-0.2, -0.15) is 0 Å². The predicted octanol–water partition coefficient (Wildman–Crippen LogP) is 1.61. The molecule has 0 bridgehead atoms. The molecule has 0 aliphatic heterocycles. The SMILES string of the molecule is CC(C)NC(=O)C(C)Oc1cccc(CC(=O)O)c1. The van der Waals surface area contributed by atoms with Crippen molar-refractivity contribution < 1.29 is 19.4 Å². The van der Waals surface area contributed by atoms with Crippen molar-refractivity contribution >= 4 is 11.9 Å². The third-order valence-electron chi connectivity index (χ3n) is 2.37. The van der Waals surface area contributed by atoms with Crippen molar-refractivity contribution in [3.63, 3.8) is 0 Å².